The van der Waals surface area contributed by atoms with Gasteiger partial charge in [-0.05, 0) is 18.2 Å². The van der Waals surface area contributed by atoms with Crippen LogP contribution in [0.25, 0.3) is 6.08 Å². The van der Waals surface area contributed by atoms with E-state index in [0.29, 0.717) is 18.3 Å². The molecular weight excluding hydrogens is 262 g/mol. The molecule has 1 aromatic carbocycles. The lowest BCUT2D eigenvalue weighted by Crippen LogP contribution is -2.06. The molecule has 5 nitrogen and oxygen atoms in total. The highest BCUT2D eigenvalue weighted by molar-refractivity contribution is 5.66. The van der Waals surface area contributed by atoms with Gasteiger partial charge in [-0.25, -0.2) is 4.98 Å². The van der Waals surface area contributed by atoms with Crippen LogP contribution in [0, 0.1) is 11.3 Å². The van der Waals surface area contributed by atoms with E-state index in [-0.39, 0.29) is 0 Å². The molecule has 0 amide bonds. The van der Waals surface area contributed by atoms with Crippen LogP contribution < -0.4 is 10.6 Å². The molecule has 1 aromatic heterocycles. The van der Waals surface area contributed by atoms with E-state index in [4.69, 9.17) is 5.26 Å². The van der Waals surface area contributed by atoms with Crippen LogP contribution >= 0.6 is 0 Å². The molecule has 5 heteroatoms. The van der Waals surface area contributed by atoms with Crippen molar-refractivity contribution in [3.05, 3.63) is 60.8 Å². The molecule has 0 atom stereocenters. The molecule has 1 heterocycles. The molecule has 0 aliphatic heterocycles. The van der Waals surface area contributed by atoms with Crippen LogP contribution in [0.1, 0.15) is 5.56 Å². The zero-order valence-electron chi connectivity index (χ0n) is 11.5. The lowest BCUT2D eigenvalue weighted by molar-refractivity contribution is 1.13. The van der Waals surface area contributed by atoms with E-state index in [2.05, 4.69) is 27.2 Å². The van der Waals surface area contributed by atoms with Crippen LogP contribution in [0.2, 0.25) is 0 Å². The van der Waals surface area contributed by atoms with Crippen LogP contribution in [0.4, 0.5) is 17.5 Å². The van der Waals surface area contributed by atoms with Crippen molar-refractivity contribution in [3.63, 3.8) is 0 Å². The first-order chi connectivity index (χ1) is 10.3. The highest BCUT2D eigenvalue weighted by atomic mass is 15.1. The molecular formula is C16H15N5. The second kappa shape index (κ2) is 7.46. The zero-order valence-corrected chi connectivity index (χ0v) is 11.5. The molecule has 0 unspecified atom stereocenters. The number of allylic oxidation sites excluding steroid dienone is 1. The summed E-state index contributed by atoms with van der Waals surface area (Å²) in [5.74, 6) is 1.14. The monoisotopic (exact) mass is 277 g/mol. The van der Waals surface area contributed by atoms with Crippen molar-refractivity contribution in [2.75, 3.05) is 17.2 Å². The summed E-state index contributed by atoms with van der Waals surface area (Å²) in [6, 6.07) is 11.6. The Labute approximate surface area is 123 Å². The van der Waals surface area contributed by atoms with Gasteiger partial charge in [-0.1, -0.05) is 24.3 Å². The molecule has 0 saturated carbocycles. The number of benzene rings is 1. The summed E-state index contributed by atoms with van der Waals surface area (Å²) in [6.45, 7) is 4.24. The Bertz CT molecular complexity index is 671. The van der Waals surface area contributed by atoms with Crippen molar-refractivity contribution in [3.8, 4) is 6.07 Å². The Kier molecular flexibility index (Phi) is 5.07. The van der Waals surface area contributed by atoms with Gasteiger partial charge >= 0.3 is 0 Å². The molecule has 0 aliphatic rings. The molecule has 0 fully saturated rings. The Balaban J connectivity index is 2.25. The molecule has 0 bridgehead atoms. The Morgan fingerprint density at radius 2 is 2.10 bits per heavy atom. The first-order valence-electron chi connectivity index (χ1n) is 6.43. The summed E-state index contributed by atoms with van der Waals surface area (Å²) in [4.78, 5) is 8.66. The summed E-state index contributed by atoms with van der Waals surface area (Å²) in [7, 11) is 0. The third-order valence-corrected chi connectivity index (χ3v) is 2.60. The number of anilines is 3. The van der Waals surface area contributed by atoms with Gasteiger partial charge in [0, 0.05) is 30.1 Å². The fourth-order valence-electron chi connectivity index (χ4n) is 1.66. The first-order valence-corrected chi connectivity index (χ1v) is 6.43. The summed E-state index contributed by atoms with van der Waals surface area (Å²) in [5.41, 5.74) is 1.66. The number of para-hydroxylation sites is 1. The van der Waals surface area contributed by atoms with E-state index in [0.717, 1.165) is 11.3 Å². The van der Waals surface area contributed by atoms with E-state index >= 15 is 0 Å². The molecule has 0 aliphatic carbocycles. The number of nitriles is 1. The van der Waals surface area contributed by atoms with Gasteiger partial charge in [0.05, 0.1) is 6.07 Å². The van der Waals surface area contributed by atoms with Gasteiger partial charge in [-0.3, -0.25) is 0 Å². The fourth-order valence-corrected chi connectivity index (χ4v) is 1.66. The minimum atomic E-state index is 0.488. The van der Waals surface area contributed by atoms with E-state index in [9.17, 15) is 0 Å². The molecule has 2 N–H and O–H groups in total. The van der Waals surface area contributed by atoms with Crippen LogP contribution in [0.15, 0.2) is 55.3 Å². The van der Waals surface area contributed by atoms with Crippen molar-refractivity contribution in [1.29, 1.82) is 5.26 Å². The van der Waals surface area contributed by atoms with Gasteiger partial charge in [0.1, 0.15) is 5.82 Å². The fraction of sp³-hybridized carbons (Fsp3) is 0.0625. The van der Waals surface area contributed by atoms with Crippen molar-refractivity contribution in [1.82, 2.24) is 9.97 Å². The smallest absolute Gasteiger partial charge is 0.229 e. The standard InChI is InChI=1S/C16H15N5/c1-2-11-18-15-13(7-6-10-17)12-19-16(21-15)20-14-8-4-3-5-9-14/h2-9,12H,1,11H2,(H2,18,19,20,21). The van der Waals surface area contributed by atoms with Crippen molar-refractivity contribution >= 4 is 23.5 Å². The molecule has 104 valence electrons. The normalized spacial score (nSPS) is 10.0. The summed E-state index contributed by atoms with van der Waals surface area (Å²) < 4.78 is 0. The molecule has 0 saturated heterocycles. The average molecular weight is 277 g/mol. The van der Waals surface area contributed by atoms with Crippen molar-refractivity contribution in [2.45, 2.75) is 0 Å². The SMILES string of the molecule is C=CCNc1nc(Nc2ccccc2)ncc1C=CC#N. The van der Waals surface area contributed by atoms with Gasteiger partial charge in [-0.2, -0.15) is 10.2 Å². The van der Waals surface area contributed by atoms with Crippen molar-refractivity contribution < 1.29 is 0 Å². The van der Waals surface area contributed by atoms with Gasteiger partial charge in [0.2, 0.25) is 5.95 Å². The van der Waals surface area contributed by atoms with Gasteiger partial charge in [-0.15, -0.1) is 6.58 Å². The second-order valence-electron chi connectivity index (χ2n) is 4.12. The highest BCUT2D eigenvalue weighted by Gasteiger charge is 2.04. The summed E-state index contributed by atoms with van der Waals surface area (Å²) in [6.07, 6.45) is 6.46. The number of hydrogen-bond acceptors (Lipinski definition) is 5. The first kappa shape index (κ1) is 14.3. The van der Waals surface area contributed by atoms with Gasteiger partial charge in [0.15, 0.2) is 0 Å². The Hall–Kier alpha value is -3.13. The van der Waals surface area contributed by atoms with E-state index in [1.165, 1.54) is 6.08 Å². The van der Waals surface area contributed by atoms with Crippen LogP contribution in [0.3, 0.4) is 0 Å². The lowest BCUT2D eigenvalue weighted by Gasteiger charge is -2.10. The van der Waals surface area contributed by atoms with Crippen LogP contribution in [-0.4, -0.2) is 16.5 Å². The minimum Gasteiger partial charge on any atom is -0.366 e. The predicted octanol–water partition coefficient (Wildman–Crippen LogP) is 3.35. The Morgan fingerprint density at radius 1 is 1.29 bits per heavy atom. The van der Waals surface area contributed by atoms with Gasteiger partial charge < -0.3 is 10.6 Å². The van der Waals surface area contributed by atoms with E-state index in [1.54, 1.807) is 18.3 Å². The molecule has 0 spiro atoms. The number of hydrogen-bond donors (Lipinski definition) is 2. The largest absolute Gasteiger partial charge is 0.366 e. The summed E-state index contributed by atoms with van der Waals surface area (Å²) >= 11 is 0. The maximum atomic E-state index is 8.62. The second-order valence-corrected chi connectivity index (χ2v) is 4.12. The molecule has 21 heavy (non-hydrogen) atoms. The van der Waals surface area contributed by atoms with Crippen LogP contribution in [-0.2, 0) is 0 Å². The van der Waals surface area contributed by atoms with E-state index < -0.39 is 0 Å². The maximum absolute atomic E-state index is 8.62. The van der Waals surface area contributed by atoms with E-state index in [1.807, 2.05) is 36.4 Å². The van der Waals surface area contributed by atoms with Crippen molar-refractivity contribution in [2.24, 2.45) is 0 Å². The number of nitrogens with zero attached hydrogens (tertiary/aromatic N) is 3. The number of aromatic nitrogens is 2. The third-order valence-electron chi connectivity index (χ3n) is 2.60. The summed E-state index contributed by atoms with van der Waals surface area (Å²) in [5, 5.41) is 14.9. The number of rotatable bonds is 6. The topological polar surface area (TPSA) is 73.6 Å². The molecule has 0 radical (unpaired) electrons. The lowest BCUT2D eigenvalue weighted by atomic mass is 10.2. The molecule has 2 rings (SSSR count). The predicted molar refractivity (Wildman–Crippen MR) is 85.1 cm³/mol. The average Bonchev–Trinajstić information content (AvgIpc) is 2.53. The van der Waals surface area contributed by atoms with Gasteiger partial charge in [0.25, 0.3) is 0 Å². The third kappa shape index (κ3) is 4.18. The minimum absolute atomic E-state index is 0.488. The highest BCUT2D eigenvalue weighted by Crippen LogP contribution is 2.18. The quantitative estimate of drug-likeness (QED) is 0.625. The Morgan fingerprint density at radius 3 is 2.81 bits per heavy atom. The van der Waals surface area contributed by atoms with Crippen LogP contribution in [0.5, 0.6) is 0 Å². The maximum Gasteiger partial charge on any atom is 0.229 e. The molecule has 2 aromatic rings. The zero-order chi connectivity index (χ0) is 14.9. The number of nitrogens with one attached hydrogen (secondary N) is 2.